The first-order chi connectivity index (χ1) is 18.4. The molecule has 0 saturated heterocycles. The predicted octanol–water partition coefficient (Wildman–Crippen LogP) is 9.09. The number of carbonyl (C=O) groups is 2. The van der Waals surface area contributed by atoms with Crippen LogP contribution in [0.2, 0.25) is 0 Å². The summed E-state index contributed by atoms with van der Waals surface area (Å²) in [5.41, 5.74) is 3.94. The molecule has 1 heterocycles. The largest absolute Gasteiger partial charge is 0.489 e. The van der Waals surface area contributed by atoms with Crippen LogP contribution in [0.15, 0.2) is 84.9 Å². The Bertz CT molecular complexity index is 1210. The molecule has 4 rings (SSSR count). The zero-order valence-corrected chi connectivity index (χ0v) is 24.3. The topological polar surface area (TPSA) is 48.3 Å². The minimum atomic E-state index is -0.0563. The molecule has 4 aromatic rings. The van der Waals surface area contributed by atoms with Crippen molar-refractivity contribution in [2.45, 2.75) is 80.9 Å². The van der Waals surface area contributed by atoms with Gasteiger partial charge in [0.2, 0.25) is 0 Å². The molecule has 0 unspecified atom stereocenters. The lowest BCUT2D eigenvalue weighted by atomic mass is 10.1. The standard InChI is InChI=1S/C20H19NO3.C9H12.C3H8.C2H6/c1-14(22)12-21-19-9-8-18(10-17(19)11-20(21)15(2)23)24-13-16-6-4-3-5-7-16;1-2-6-9-7-4-3-5-8-9;1-3-2;1-2/h3-11H,12-13H2,1-2H3;3-5,7-8H,2,6H2,1H3;3H2,1-2H3;1-2H3. The Morgan fingerprint density at radius 2 is 1.32 bits per heavy atom. The summed E-state index contributed by atoms with van der Waals surface area (Å²) in [7, 11) is 0. The Kier molecular flexibility index (Phi) is 15.8. The average Bonchev–Trinajstić information content (AvgIpc) is 3.28. The van der Waals surface area contributed by atoms with Gasteiger partial charge in [0.25, 0.3) is 0 Å². The molecule has 0 aliphatic carbocycles. The van der Waals surface area contributed by atoms with Crippen molar-refractivity contribution in [3.8, 4) is 5.75 Å². The maximum Gasteiger partial charge on any atom is 0.176 e. The molecule has 4 nitrogen and oxygen atoms in total. The van der Waals surface area contributed by atoms with E-state index >= 15 is 0 Å². The minimum absolute atomic E-state index is 0.0133. The van der Waals surface area contributed by atoms with E-state index in [-0.39, 0.29) is 18.1 Å². The summed E-state index contributed by atoms with van der Waals surface area (Å²) in [6.45, 7) is 14.2. The summed E-state index contributed by atoms with van der Waals surface area (Å²) in [6.07, 6.45) is 3.70. The number of rotatable bonds is 8. The third kappa shape index (κ3) is 11.2. The number of fused-ring (bicyclic) bond motifs is 1. The molecule has 4 heteroatoms. The number of benzene rings is 3. The van der Waals surface area contributed by atoms with Gasteiger partial charge in [-0.1, -0.05) is 108 Å². The van der Waals surface area contributed by atoms with Gasteiger partial charge < -0.3 is 9.30 Å². The van der Waals surface area contributed by atoms with Crippen LogP contribution in [0.5, 0.6) is 5.75 Å². The highest BCUT2D eigenvalue weighted by Crippen LogP contribution is 2.26. The van der Waals surface area contributed by atoms with Crippen molar-refractivity contribution in [2.75, 3.05) is 0 Å². The van der Waals surface area contributed by atoms with Crippen LogP contribution < -0.4 is 4.74 Å². The predicted molar refractivity (Wildman–Crippen MR) is 161 cm³/mol. The van der Waals surface area contributed by atoms with Gasteiger partial charge in [-0.05, 0) is 48.7 Å². The maximum absolute atomic E-state index is 11.8. The summed E-state index contributed by atoms with van der Waals surface area (Å²) in [6, 6.07) is 28.0. The van der Waals surface area contributed by atoms with E-state index in [9.17, 15) is 9.59 Å². The average molecular weight is 516 g/mol. The van der Waals surface area contributed by atoms with Gasteiger partial charge in [0.15, 0.2) is 5.78 Å². The second kappa shape index (κ2) is 18.6. The van der Waals surface area contributed by atoms with E-state index in [2.05, 4.69) is 51.1 Å². The zero-order chi connectivity index (χ0) is 28.3. The van der Waals surface area contributed by atoms with E-state index in [0.717, 1.165) is 22.2 Å². The number of nitrogens with zero attached hydrogens (tertiary/aromatic N) is 1. The third-order valence-corrected chi connectivity index (χ3v) is 5.24. The second-order valence-corrected chi connectivity index (χ2v) is 8.81. The van der Waals surface area contributed by atoms with Crippen LogP contribution >= 0.6 is 0 Å². The van der Waals surface area contributed by atoms with Gasteiger partial charge in [0, 0.05) is 17.8 Å². The van der Waals surface area contributed by atoms with Crippen molar-refractivity contribution in [1.29, 1.82) is 0 Å². The highest BCUT2D eigenvalue weighted by molar-refractivity contribution is 5.99. The smallest absolute Gasteiger partial charge is 0.176 e. The van der Waals surface area contributed by atoms with Crippen LogP contribution in [-0.2, 0) is 24.4 Å². The highest BCUT2D eigenvalue weighted by Gasteiger charge is 2.14. The Morgan fingerprint density at radius 1 is 0.763 bits per heavy atom. The first-order valence-corrected chi connectivity index (χ1v) is 13.7. The number of ketones is 2. The van der Waals surface area contributed by atoms with Crippen molar-refractivity contribution < 1.29 is 14.3 Å². The van der Waals surface area contributed by atoms with E-state index in [0.29, 0.717) is 12.3 Å². The summed E-state index contributed by atoms with van der Waals surface area (Å²) in [4.78, 5) is 23.3. The Labute approximate surface area is 229 Å². The first-order valence-electron chi connectivity index (χ1n) is 13.7. The molecule has 0 aliphatic rings. The normalized spacial score (nSPS) is 9.66. The molecular weight excluding hydrogens is 470 g/mol. The van der Waals surface area contributed by atoms with Gasteiger partial charge in [0.1, 0.15) is 18.1 Å². The fourth-order valence-electron chi connectivity index (χ4n) is 3.70. The number of hydrogen-bond acceptors (Lipinski definition) is 3. The summed E-state index contributed by atoms with van der Waals surface area (Å²) < 4.78 is 7.59. The number of hydrogen-bond donors (Lipinski definition) is 0. The molecule has 0 aliphatic heterocycles. The quantitative estimate of drug-likeness (QED) is 0.220. The molecule has 0 bridgehead atoms. The second-order valence-electron chi connectivity index (χ2n) is 8.81. The van der Waals surface area contributed by atoms with Gasteiger partial charge in [-0.15, -0.1) is 0 Å². The van der Waals surface area contributed by atoms with E-state index in [1.807, 2.05) is 68.4 Å². The molecule has 0 atom stereocenters. The van der Waals surface area contributed by atoms with Crippen LogP contribution in [0.3, 0.4) is 0 Å². The monoisotopic (exact) mass is 515 g/mol. The van der Waals surface area contributed by atoms with E-state index < -0.39 is 0 Å². The number of aryl methyl sites for hydroxylation is 1. The number of ether oxygens (including phenoxy) is 1. The van der Waals surface area contributed by atoms with Crippen LogP contribution in [-0.4, -0.2) is 16.1 Å². The lowest BCUT2D eigenvalue weighted by Gasteiger charge is -2.08. The zero-order valence-electron chi connectivity index (χ0n) is 24.3. The van der Waals surface area contributed by atoms with Gasteiger partial charge in [-0.2, -0.15) is 0 Å². The van der Waals surface area contributed by atoms with Crippen LogP contribution in [0.25, 0.3) is 10.9 Å². The van der Waals surface area contributed by atoms with Crippen molar-refractivity contribution in [2.24, 2.45) is 0 Å². The van der Waals surface area contributed by atoms with Gasteiger partial charge in [-0.3, -0.25) is 9.59 Å². The molecule has 0 amide bonds. The minimum Gasteiger partial charge on any atom is -0.489 e. The molecule has 0 spiro atoms. The van der Waals surface area contributed by atoms with Gasteiger partial charge in [0.05, 0.1) is 12.2 Å². The molecule has 0 fully saturated rings. The van der Waals surface area contributed by atoms with Crippen LogP contribution in [0.1, 0.15) is 82.9 Å². The summed E-state index contributed by atoms with van der Waals surface area (Å²) in [5.74, 6) is 0.694. The molecule has 38 heavy (non-hydrogen) atoms. The Balaban J connectivity index is 0.000000428. The Hall–Kier alpha value is -3.66. The number of Topliss-reactive ketones (excluding diaryl/α,β-unsaturated/α-hetero) is 2. The lowest BCUT2D eigenvalue weighted by molar-refractivity contribution is -0.117. The van der Waals surface area contributed by atoms with E-state index in [1.54, 1.807) is 4.57 Å². The van der Waals surface area contributed by atoms with Crippen molar-refractivity contribution in [3.05, 3.63) is 102 Å². The summed E-state index contributed by atoms with van der Waals surface area (Å²) >= 11 is 0. The lowest BCUT2D eigenvalue weighted by Crippen LogP contribution is -2.11. The van der Waals surface area contributed by atoms with Gasteiger partial charge >= 0.3 is 0 Å². The molecule has 0 saturated carbocycles. The molecule has 0 radical (unpaired) electrons. The SMILES string of the molecule is CC.CC(=O)Cn1c(C(C)=O)cc2cc(OCc3ccccc3)ccc21.CCC.CCCc1ccccc1. The maximum atomic E-state index is 11.8. The Morgan fingerprint density at radius 3 is 1.82 bits per heavy atom. The fraction of sp³-hybridized carbons (Fsp3) is 0.353. The highest BCUT2D eigenvalue weighted by atomic mass is 16.5. The van der Waals surface area contributed by atoms with Crippen molar-refractivity contribution in [1.82, 2.24) is 4.57 Å². The number of carbonyl (C=O) groups excluding carboxylic acids is 2. The number of aromatic nitrogens is 1. The molecular formula is C34H45NO3. The third-order valence-electron chi connectivity index (χ3n) is 5.24. The van der Waals surface area contributed by atoms with E-state index in [1.165, 1.54) is 38.7 Å². The van der Waals surface area contributed by atoms with E-state index in [4.69, 9.17) is 4.74 Å². The van der Waals surface area contributed by atoms with Crippen molar-refractivity contribution >= 4 is 22.5 Å². The summed E-state index contributed by atoms with van der Waals surface area (Å²) in [5, 5.41) is 0.895. The molecule has 3 aromatic carbocycles. The van der Waals surface area contributed by atoms with Crippen molar-refractivity contribution in [3.63, 3.8) is 0 Å². The molecule has 204 valence electrons. The van der Waals surface area contributed by atoms with Crippen LogP contribution in [0.4, 0.5) is 0 Å². The molecule has 1 aromatic heterocycles. The van der Waals surface area contributed by atoms with Gasteiger partial charge in [-0.25, -0.2) is 0 Å². The first kappa shape index (κ1) is 32.4. The van der Waals surface area contributed by atoms with Crippen LogP contribution in [0, 0.1) is 0 Å². The fourth-order valence-corrected chi connectivity index (χ4v) is 3.70. The molecule has 0 N–H and O–H groups in total.